The first-order valence-electron chi connectivity index (χ1n) is 10.1. The van der Waals surface area contributed by atoms with Gasteiger partial charge in [0, 0.05) is 0 Å². The zero-order valence-electron chi connectivity index (χ0n) is 17.0. The second-order valence-corrected chi connectivity index (χ2v) is 19.5. The average Bonchev–Trinajstić information content (AvgIpc) is 2.59. The fourth-order valence-corrected chi connectivity index (χ4v) is 15.4. The predicted molar refractivity (Wildman–Crippen MR) is 102 cm³/mol. The van der Waals surface area contributed by atoms with E-state index in [0.29, 0.717) is 6.42 Å². The van der Waals surface area contributed by atoms with Crippen molar-refractivity contribution in [3.8, 4) is 0 Å². The first kappa shape index (κ1) is 28.4. The molecule has 1 aromatic carbocycles. The van der Waals surface area contributed by atoms with Crippen molar-refractivity contribution < 1.29 is 42.6 Å². The van der Waals surface area contributed by atoms with Crippen LogP contribution in [0.1, 0.15) is 44.1 Å². The van der Waals surface area contributed by atoms with Crippen molar-refractivity contribution in [2.75, 3.05) is 6.61 Å². The molecule has 0 aliphatic heterocycles. The van der Waals surface area contributed by atoms with Crippen molar-refractivity contribution in [1.82, 2.24) is 0 Å². The Morgan fingerprint density at radius 2 is 1.00 bits per heavy atom. The van der Waals surface area contributed by atoms with E-state index >= 15 is 0 Å². The molecule has 0 radical (unpaired) electrons. The van der Waals surface area contributed by atoms with E-state index < -0.39 is 56.6 Å². The van der Waals surface area contributed by atoms with Crippen molar-refractivity contribution in [2.24, 2.45) is 0 Å². The van der Waals surface area contributed by atoms with E-state index in [-0.39, 0.29) is 39.2 Å². The van der Waals surface area contributed by atoms with Crippen LogP contribution in [0.25, 0.3) is 0 Å². The maximum absolute atomic E-state index is 12.6. The molecule has 11 heteroatoms. The molecule has 0 fully saturated rings. The van der Waals surface area contributed by atoms with Crippen LogP contribution in [0.2, 0.25) is 13.3 Å². The van der Waals surface area contributed by atoms with Crippen molar-refractivity contribution in [1.29, 1.82) is 0 Å². The van der Waals surface area contributed by atoms with Crippen LogP contribution in [0, 0.1) is 0 Å². The van der Waals surface area contributed by atoms with E-state index in [2.05, 4.69) is 0 Å². The first-order valence-corrected chi connectivity index (χ1v) is 17.3. The fourth-order valence-electron chi connectivity index (χ4n) is 3.45. The van der Waals surface area contributed by atoms with Crippen LogP contribution < -0.4 is 0 Å². The minimum absolute atomic E-state index is 0.0430. The van der Waals surface area contributed by atoms with Crippen molar-refractivity contribution in [3.63, 3.8) is 0 Å². The summed E-state index contributed by atoms with van der Waals surface area (Å²) < 4.78 is 119. The van der Waals surface area contributed by atoms with Crippen LogP contribution in [-0.2, 0) is 9.49 Å². The molecule has 180 valence electrons. The van der Waals surface area contributed by atoms with Crippen LogP contribution in [0.3, 0.4) is 0 Å². The summed E-state index contributed by atoms with van der Waals surface area (Å²) in [6, 6.07) is 8.96. The molecule has 0 N–H and O–H groups in total. The Morgan fingerprint density at radius 3 is 1.35 bits per heavy atom. The summed E-state index contributed by atoms with van der Waals surface area (Å²) in [5, 5.41) is 0. The molecule has 0 spiro atoms. The van der Waals surface area contributed by atoms with E-state index in [1.165, 1.54) is 0 Å². The molecule has 0 aliphatic carbocycles. The Morgan fingerprint density at radius 1 is 0.613 bits per heavy atom. The van der Waals surface area contributed by atoms with Gasteiger partial charge in [-0.1, -0.05) is 0 Å². The standard InChI is InChI=1S/C8H9O.3C4H6F3.Sn/c9-7-6-8-4-2-1-3-5-8;3*1-2-3-4(5,6)7;/h1-5H,6-7H2;3*1-3H2;/q-1;;;;+1. The minimum atomic E-state index is -4.43. The van der Waals surface area contributed by atoms with Gasteiger partial charge in [-0.05, 0) is 0 Å². The number of halogens is 9. The maximum atomic E-state index is 12.6. The molecule has 1 aromatic rings. The normalized spacial score (nSPS) is 13.6. The van der Waals surface area contributed by atoms with E-state index in [9.17, 15) is 39.5 Å². The third-order valence-electron chi connectivity index (χ3n) is 4.92. The van der Waals surface area contributed by atoms with Gasteiger partial charge in [0.25, 0.3) is 0 Å². The average molecular weight is 573 g/mol. The molecule has 1 rings (SSSR count). The summed E-state index contributed by atoms with van der Waals surface area (Å²) in [5.74, 6) is 0. The Hall–Kier alpha value is -0.651. The Kier molecular flexibility index (Phi) is 11.5. The van der Waals surface area contributed by atoms with Crippen LogP contribution in [0.5, 0.6) is 0 Å². The molecule has 0 aliphatic rings. The van der Waals surface area contributed by atoms with Crippen LogP contribution >= 0.6 is 0 Å². The molecule has 0 saturated carbocycles. The molecule has 0 heterocycles. The van der Waals surface area contributed by atoms with Gasteiger partial charge in [-0.15, -0.1) is 0 Å². The summed E-state index contributed by atoms with van der Waals surface area (Å²) >= 11 is -4.16. The molecule has 1 nitrogen and oxygen atoms in total. The van der Waals surface area contributed by atoms with Crippen molar-refractivity contribution in [3.05, 3.63) is 35.9 Å². The Labute approximate surface area is 180 Å². The Bertz CT molecular complexity index is 562. The van der Waals surface area contributed by atoms with Gasteiger partial charge in [0.15, 0.2) is 0 Å². The Balaban J connectivity index is 2.88. The van der Waals surface area contributed by atoms with E-state index in [1.807, 2.05) is 0 Å². The van der Waals surface area contributed by atoms with Gasteiger partial charge in [0.05, 0.1) is 0 Å². The second kappa shape index (κ2) is 12.6. The third kappa shape index (κ3) is 14.9. The van der Waals surface area contributed by atoms with Crippen molar-refractivity contribution in [2.45, 2.75) is 76.8 Å². The number of rotatable bonds is 13. The molecular weight excluding hydrogens is 546 g/mol. The van der Waals surface area contributed by atoms with Gasteiger partial charge in [-0.3, -0.25) is 0 Å². The van der Waals surface area contributed by atoms with Crippen LogP contribution in [-0.4, -0.2) is 43.9 Å². The summed E-state index contributed by atoms with van der Waals surface area (Å²) in [6.07, 6.45) is -17.2. The second-order valence-electron chi connectivity index (χ2n) is 7.67. The molecule has 0 unspecified atom stereocenters. The van der Waals surface area contributed by atoms with Gasteiger partial charge in [-0.2, -0.15) is 0 Å². The van der Waals surface area contributed by atoms with Crippen LogP contribution in [0.15, 0.2) is 30.3 Å². The van der Waals surface area contributed by atoms with Gasteiger partial charge in [-0.25, -0.2) is 0 Å². The zero-order valence-corrected chi connectivity index (χ0v) is 19.8. The van der Waals surface area contributed by atoms with E-state index in [0.717, 1.165) is 5.56 Å². The first-order chi connectivity index (χ1) is 14.2. The molecule has 0 bridgehead atoms. The third-order valence-corrected chi connectivity index (χ3v) is 18.1. The van der Waals surface area contributed by atoms with Gasteiger partial charge >= 0.3 is 181 Å². The molecular formula is C20H27F9OSn. The molecule has 31 heavy (non-hydrogen) atoms. The summed E-state index contributed by atoms with van der Waals surface area (Å²) in [4.78, 5) is 0. The molecule has 0 amide bonds. The summed E-state index contributed by atoms with van der Waals surface area (Å²) in [6.45, 7) is 0.0874. The quantitative estimate of drug-likeness (QED) is 0.171. The topological polar surface area (TPSA) is 9.23 Å². The monoisotopic (exact) mass is 574 g/mol. The van der Waals surface area contributed by atoms with Gasteiger partial charge < -0.3 is 0 Å². The van der Waals surface area contributed by atoms with Gasteiger partial charge in [0.2, 0.25) is 0 Å². The van der Waals surface area contributed by atoms with Gasteiger partial charge in [0.1, 0.15) is 0 Å². The molecule has 0 aromatic heterocycles. The zero-order chi connectivity index (χ0) is 23.6. The summed E-state index contributed by atoms with van der Waals surface area (Å²) in [7, 11) is 0. The predicted octanol–water partition coefficient (Wildman–Crippen LogP) is 8.22. The SMILES string of the molecule is FC(F)(F)CC[CH2][Sn]([CH2]CCC(F)(F)F)([CH2]CCC(F)(F)F)[O]CCc1ccccc1. The number of hydrogen-bond donors (Lipinski definition) is 0. The molecule has 0 saturated heterocycles. The number of benzene rings is 1. The summed E-state index contributed by atoms with van der Waals surface area (Å²) in [5.41, 5.74) is 0.878. The number of hydrogen-bond acceptors (Lipinski definition) is 1. The van der Waals surface area contributed by atoms with Crippen LogP contribution in [0.4, 0.5) is 39.5 Å². The molecule has 0 atom stereocenters. The van der Waals surface area contributed by atoms with Crippen molar-refractivity contribution >= 4 is 18.8 Å². The fraction of sp³-hybridized carbons (Fsp3) is 0.700. The number of alkyl halides is 9. The van der Waals surface area contributed by atoms with E-state index in [1.54, 1.807) is 30.3 Å². The van der Waals surface area contributed by atoms with E-state index in [4.69, 9.17) is 3.07 Å².